The maximum absolute atomic E-state index is 12.4. The molecule has 1 amide bonds. The van der Waals surface area contributed by atoms with Crippen molar-refractivity contribution >= 4 is 23.7 Å². The van der Waals surface area contributed by atoms with Gasteiger partial charge in [0, 0.05) is 11.3 Å². The first-order chi connectivity index (χ1) is 16.1. The number of aryl methyl sites for hydroxylation is 1. The van der Waals surface area contributed by atoms with E-state index in [9.17, 15) is 4.79 Å². The van der Waals surface area contributed by atoms with Crippen molar-refractivity contribution in [1.29, 1.82) is 0 Å². The van der Waals surface area contributed by atoms with Gasteiger partial charge in [-0.1, -0.05) is 16.9 Å². The fraction of sp³-hybridized carbons (Fsp3) is 0.227. The molecule has 1 N–H and O–H groups in total. The summed E-state index contributed by atoms with van der Waals surface area (Å²) >= 11 is 1.25. The lowest BCUT2D eigenvalue weighted by molar-refractivity contribution is -0.114. The minimum atomic E-state index is -0.295. The van der Waals surface area contributed by atoms with E-state index in [-0.39, 0.29) is 17.7 Å². The molecule has 0 spiro atoms. The Bertz CT molecular complexity index is 1220. The number of ether oxygens (including phenoxy) is 2. The molecule has 0 aliphatic carbocycles. The maximum Gasteiger partial charge on any atom is 0.328 e. The molecule has 0 atom stereocenters. The van der Waals surface area contributed by atoms with Crippen molar-refractivity contribution in [3.05, 3.63) is 54.4 Å². The number of rotatable bonds is 9. The molecule has 4 rings (SSSR count). The molecule has 2 heterocycles. The average molecular weight is 467 g/mol. The van der Waals surface area contributed by atoms with E-state index in [1.165, 1.54) is 11.8 Å². The smallest absolute Gasteiger partial charge is 0.328 e. The Kier molecular flexibility index (Phi) is 6.89. The highest BCUT2D eigenvalue weighted by molar-refractivity contribution is 7.99. The molecule has 0 fully saturated rings. The number of hydrogen-bond acceptors (Lipinski definition) is 9. The highest BCUT2D eigenvalue weighted by atomic mass is 32.2. The van der Waals surface area contributed by atoms with Crippen LogP contribution in [0.2, 0.25) is 0 Å². The summed E-state index contributed by atoms with van der Waals surface area (Å²) in [7, 11) is 1.62. The van der Waals surface area contributed by atoms with Crippen LogP contribution in [-0.2, 0) is 4.79 Å². The second-order valence-electron chi connectivity index (χ2n) is 6.78. The van der Waals surface area contributed by atoms with Gasteiger partial charge in [-0.3, -0.25) is 14.7 Å². The largest absolute Gasteiger partial charge is 0.497 e. The summed E-state index contributed by atoms with van der Waals surface area (Å²) in [5, 5.41) is 15.5. The first-order valence-electron chi connectivity index (χ1n) is 10.1. The normalized spacial score (nSPS) is 10.8. The predicted octanol–water partition coefficient (Wildman–Crippen LogP) is 3.76. The first kappa shape index (κ1) is 22.3. The van der Waals surface area contributed by atoms with Crippen molar-refractivity contribution in [2.45, 2.75) is 19.0 Å². The Morgan fingerprint density at radius 3 is 2.45 bits per heavy atom. The van der Waals surface area contributed by atoms with Crippen LogP contribution in [0.4, 0.5) is 6.01 Å². The SMILES string of the molecule is CCOc1ccc(-n2c(SCC(=O)Nc3nc(C)no3)nnc2-c2ccc(OC)cc2)cc1. The number of nitrogens with one attached hydrogen (secondary N) is 1. The monoisotopic (exact) mass is 466 g/mol. The van der Waals surface area contributed by atoms with E-state index in [2.05, 4.69) is 25.7 Å². The first-order valence-corrected chi connectivity index (χ1v) is 11.1. The molecule has 11 heteroatoms. The molecule has 2 aromatic carbocycles. The van der Waals surface area contributed by atoms with Gasteiger partial charge in [0.05, 0.1) is 19.5 Å². The quantitative estimate of drug-likeness (QED) is 0.368. The second-order valence-corrected chi connectivity index (χ2v) is 7.72. The van der Waals surface area contributed by atoms with Crippen LogP contribution >= 0.6 is 11.8 Å². The van der Waals surface area contributed by atoms with Gasteiger partial charge < -0.3 is 14.0 Å². The van der Waals surface area contributed by atoms with Gasteiger partial charge in [0.1, 0.15) is 11.5 Å². The molecule has 0 aliphatic rings. The highest BCUT2D eigenvalue weighted by Gasteiger charge is 2.18. The number of thioether (sulfide) groups is 1. The number of methoxy groups -OCH3 is 1. The van der Waals surface area contributed by atoms with Crippen LogP contribution in [0.1, 0.15) is 12.7 Å². The number of anilines is 1. The minimum Gasteiger partial charge on any atom is -0.497 e. The summed E-state index contributed by atoms with van der Waals surface area (Å²) in [5.41, 5.74) is 1.69. The number of nitrogens with zero attached hydrogens (tertiary/aromatic N) is 5. The summed E-state index contributed by atoms with van der Waals surface area (Å²) in [5.74, 6) is 2.38. The Morgan fingerprint density at radius 1 is 1.09 bits per heavy atom. The second kappa shape index (κ2) is 10.2. The van der Waals surface area contributed by atoms with E-state index in [1.807, 2.05) is 60.0 Å². The molecule has 170 valence electrons. The molecule has 4 aromatic rings. The number of amides is 1. The van der Waals surface area contributed by atoms with Crippen LogP contribution in [0, 0.1) is 6.92 Å². The predicted molar refractivity (Wildman–Crippen MR) is 123 cm³/mol. The Balaban J connectivity index is 1.61. The Hall–Kier alpha value is -3.86. The highest BCUT2D eigenvalue weighted by Crippen LogP contribution is 2.30. The van der Waals surface area contributed by atoms with Gasteiger partial charge in [-0.05, 0) is 62.4 Å². The standard InChI is InChI=1S/C22H22N6O4S/c1-4-31-18-11-7-16(8-12-18)28-20(15-5-9-17(30-3)10-6-15)25-26-22(28)33-13-19(29)24-21-23-14(2)27-32-21/h5-12H,4,13H2,1-3H3,(H,23,24,27,29). The molecule has 33 heavy (non-hydrogen) atoms. The van der Waals surface area contributed by atoms with Crippen LogP contribution in [0.3, 0.4) is 0 Å². The Labute approximate surface area is 194 Å². The third-order valence-corrected chi connectivity index (χ3v) is 5.42. The van der Waals surface area contributed by atoms with Crippen molar-refractivity contribution in [2.24, 2.45) is 0 Å². The fourth-order valence-electron chi connectivity index (χ4n) is 3.01. The van der Waals surface area contributed by atoms with E-state index in [0.29, 0.717) is 23.4 Å². The van der Waals surface area contributed by atoms with Crippen molar-refractivity contribution in [1.82, 2.24) is 24.9 Å². The molecule has 10 nitrogen and oxygen atoms in total. The molecule has 0 saturated heterocycles. The summed E-state index contributed by atoms with van der Waals surface area (Å²) in [6.07, 6.45) is 0. The molecule has 0 radical (unpaired) electrons. The summed E-state index contributed by atoms with van der Waals surface area (Å²) < 4.78 is 17.6. The van der Waals surface area contributed by atoms with E-state index in [4.69, 9.17) is 14.0 Å². The molecule has 0 bridgehead atoms. The van der Waals surface area contributed by atoms with Gasteiger partial charge >= 0.3 is 6.01 Å². The van der Waals surface area contributed by atoms with Crippen molar-refractivity contribution in [2.75, 3.05) is 24.8 Å². The lowest BCUT2D eigenvalue weighted by Crippen LogP contribution is -2.14. The van der Waals surface area contributed by atoms with Crippen LogP contribution < -0.4 is 14.8 Å². The van der Waals surface area contributed by atoms with Crippen LogP contribution in [0.25, 0.3) is 17.1 Å². The summed E-state index contributed by atoms with van der Waals surface area (Å²) in [6.45, 7) is 4.19. The van der Waals surface area contributed by atoms with Crippen LogP contribution in [-0.4, -0.2) is 50.3 Å². The lowest BCUT2D eigenvalue weighted by atomic mass is 10.2. The third-order valence-electron chi connectivity index (χ3n) is 4.49. The number of hydrogen-bond donors (Lipinski definition) is 1. The summed E-state index contributed by atoms with van der Waals surface area (Å²) in [6, 6.07) is 15.2. The molecule has 0 unspecified atom stereocenters. The molecule has 2 aromatic heterocycles. The van der Waals surface area contributed by atoms with Gasteiger partial charge in [-0.25, -0.2) is 0 Å². The molecule has 0 saturated carbocycles. The van der Waals surface area contributed by atoms with Crippen LogP contribution in [0.15, 0.2) is 58.2 Å². The van der Waals surface area contributed by atoms with E-state index in [0.717, 1.165) is 22.7 Å². The average Bonchev–Trinajstić information content (AvgIpc) is 3.44. The van der Waals surface area contributed by atoms with E-state index >= 15 is 0 Å². The van der Waals surface area contributed by atoms with Crippen LogP contribution in [0.5, 0.6) is 11.5 Å². The van der Waals surface area contributed by atoms with Gasteiger partial charge in [-0.2, -0.15) is 4.98 Å². The number of aromatic nitrogens is 5. The zero-order valence-corrected chi connectivity index (χ0v) is 19.1. The zero-order valence-electron chi connectivity index (χ0n) is 18.3. The van der Waals surface area contributed by atoms with Gasteiger partial charge in [-0.15, -0.1) is 10.2 Å². The molecule has 0 aliphatic heterocycles. The third kappa shape index (κ3) is 5.32. The zero-order chi connectivity index (χ0) is 23.2. The molecular formula is C22H22N6O4S. The number of carbonyl (C=O) groups excluding carboxylic acids is 1. The van der Waals surface area contributed by atoms with Gasteiger partial charge in [0.25, 0.3) is 0 Å². The van der Waals surface area contributed by atoms with Gasteiger partial charge in [0.2, 0.25) is 5.91 Å². The Morgan fingerprint density at radius 2 is 1.82 bits per heavy atom. The topological polar surface area (TPSA) is 117 Å². The number of benzene rings is 2. The van der Waals surface area contributed by atoms with Gasteiger partial charge in [0.15, 0.2) is 16.8 Å². The fourth-order valence-corrected chi connectivity index (χ4v) is 3.77. The number of carbonyl (C=O) groups is 1. The summed E-state index contributed by atoms with van der Waals surface area (Å²) in [4.78, 5) is 16.3. The lowest BCUT2D eigenvalue weighted by Gasteiger charge is -2.11. The van der Waals surface area contributed by atoms with Crippen molar-refractivity contribution in [3.63, 3.8) is 0 Å². The maximum atomic E-state index is 12.4. The minimum absolute atomic E-state index is 0.0602. The van der Waals surface area contributed by atoms with E-state index < -0.39 is 0 Å². The van der Waals surface area contributed by atoms with E-state index in [1.54, 1.807) is 14.0 Å². The molecular weight excluding hydrogens is 444 g/mol. The van der Waals surface area contributed by atoms with Crippen molar-refractivity contribution < 1.29 is 18.8 Å². The van der Waals surface area contributed by atoms with Crippen molar-refractivity contribution in [3.8, 4) is 28.6 Å².